The number of ether oxygens (including phenoxy) is 1. The topological polar surface area (TPSA) is 81.3 Å². The van der Waals surface area contributed by atoms with Crippen molar-refractivity contribution in [2.24, 2.45) is 0 Å². The molecule has 1 unspecified atom stereocenters. The van der Waals surface area contributed by atoms with Crippen LogP contribution in [-0.2, 0) is 6.42 Å². The average Bonchev–Trinajstić information content (AvgIpc) is 3.06. The third-order valence-electron chi connectivity index (χ3n) is 4.28. The van der Waals surface area contributed by atoms with Crippen molar-refractivity contribution in [1.82, 2.24) is 15.1 Å². The molecule has 1 aliphatic heterocycles. The normalized spacial score (nSPS) is 18.5. The Hall–Kier alpha value is -2.44. The molecule has 0 bridgehead atoms. The molecule has 3 heterocycles. The Morgan fingerprint density at radius 3 is 2.72 bits per heavy atom. The Bertz CT molecular complexity index is 922. The summed E-state index contributed by atoms with van der Waals surface area (Å²) < 4.78 is 11.1. The summed E-state index contributed by atoms with van der Waals surface area (Å²) in [4.78, 5) is 8.75. The molecule has 0 saturated heterocycles. The van der Waals surface area contributed by atoms with Gasteiger partial charge in [-0.15, -0.1) is 0 Å². The van der Waals surface area contributed by atoms with Crippen LogP contribution in [0.3, 0.4) is 0 Å². The second-order valence-electron chi connectivity index (χ2n) is 6.54. The molecule has 3 aromatic rings. The molecule has 128 valence electrons. The van der Waals surface area contributed by atoms with E-state index in [9.17, 15) is 5.11 Å². The van der Waals surface area contributed by atoms with Crippen LogP contribution in [0.2, 0.25) is 5.02 Å². The number of aliphatic hydroxyl groups is 1. The van der Waals surface area contributed by atoms with E-state index in [1.807, 2.05) is 32.0 Å². The zero-order valence-corrected chi connectivity index (χ0v) is 14.5. The van der Waals surface area contributed by atoms with Gasteiger partial charge in [0.1, 0.15) is 5.60 Å². The summed E-state index contributed by atoms with van der Waals surface area (Å²) in [6.07, 6.45) is 1.48. The number of hydrogen-bond donors (Lipinski definition) is 1. The minimum absolute atomic E-state index is 0.361. The summed E-state index contributed by atoms with van der Waals surface area (Å²) in [7, 11) is 0. The van der Waals surface area contributed by atoms with Gasteiger partial charge in [0.2, 0.25) is 11.7 Å². The summed E-state index contributed by atoms with van der Waals surface area (Å²) in [5, 5.41) is 14.9. The second-order valence-corrected chi connectivity index (χ2v) is 6.98. The quantitative estimate of drug-likeness (QED) is 0.755. The van der Waals surface area contributed by atoms with Gasteiger partial charge in [-0.25, -0.2) is 4.98 Å². The fourth-order valence-corrected chi connectivity index (χ4v) is 2.81. The van der Waals surface area contributed by atoms with Gasteiger partial charge in [0.25, 0.3) is 5.89 Å². The lowest BCUT2D eigenvalue weighted by molar-refractivity contribution is -0.0442. The highest BCUT2D eigenvalue weighted by Crippen LogP contribution is 2.34. The maximum Gasteiger partial charge on any atom is 0.259 e. The van der Waals surface area contributed by atoms with Gasteiger partial charge in [-0.1, -0.05) is 16.8 Å². The lowest BCUT2D eigenvalue weighted by Gasteiger charge is -2.36. The summed E-state index contributed by atoms with van der Waals surface area (Å²) in [6.45, 7) is 3.68. The van der Waals surface area contributed by atoms with Crippen LogP contribution in [0.5, 0.6) is 5.88 Å². The van der Waals surface area contributed by atoms with Crippen molar-refractivity contribution in [3.63, 3.8) is 0 Å². The first kappa shape index (κ1) is 16.1. The van der Waals surface area contributed by atoms with Crippen molar-refractivity contribution in [3.8, 4) is 28.7 Å². The number of nitrogens with zero attached hydrogens (tertiary/aromatic N) is 3. The van der Waals surface area contributed by atoms with Crippen molar-refractivity contribution >= 4 is 11.6 Å². The number of benzene rings is 1. The van der Waals surface area contributed by atoms with Crippen LogP contribution < -0.4 is 4.74 Å². The molecule has 2 aromatic heterocycles. The number of halogens is 1. The van der Waals surface area contributed by atoms with Crippen LogP contribution in [0.1, 0.15) is 19.4 Å². The Morgan fingerprint density at radius 2 is 1.96 bits per heavy atom. The molecular formula is C18H16ClN3O3. The number of fused-ring (bicyclic) bond motifs is 1. The lowest BCUT2D eigenvalue weighted by Crippen LogP contribution is -2.46. The maximum atomic E-state index is 10.2. The lowest BCUT2D eigenvalue weighted by atomic mass is 9.92. The van der Waals surface area contributed by atoms with E-state index in [1.165, 1.54) is 0 Å². The molecule has 1 aliphatic rings. The number of hydrogen-bond acceptors (Lipinski definition) is 6. The fraction of sp³-hybridized carbons (Fsp3) is 0.278. The van der Waals surface area contributed by atoms with E-state index in [2.05, 4.69) is 15.1 Å². The number of aliphatic hydroxyl groups excluding tert-OH is 1. The zero-order valence-electron chi connectivity index (χ0n) is 13.7. The van der Waals surface area contributed by atoms with E-state index in [-0.39, 0.29) is 0 Å². The molecule has 0 spiro atoms. The highest BCUT2D eigenvalue weighted by molar-refractivity contribution is 6.30. The maximum absolute atomic E-state index is 10.2. The molecule has 6 nitrogen and oxygen atoms in total. The molecule has 0 saturated carbocycles. The van der Waals surface area contributed by atoms with Crippen molar-refractivity contribution < 1.29 is 14.4 Å². The molecule has 1 atom stereocenters. The van der Waals surface area contributed by atoms with E-state index >= 15 is 0 Å². The summed E-state index contributed by atoms with van der Waals surface area (Å²) in [6, 6.07) is 9.06. The van der Waals surface area contributed by atoms with Crippen molar-refractivity contribution in [2.45, 2.75) is 32.0 Å². The Kier molecular flexibility index (Phi) is 3.74. The fourth-order valence-electron chi connectivity index (χ4n) is 2.68. The Morgan fingerprint density at radius 1 is 1.20 bits per heavy atom. The van der Waals surface area contributed by atoms with E-state index in [4.69, 9.17) is 20.9 Å². The van der Waals surface area contributed by atoms with Gasteiger partial charge in [-0.2, -0.15) is 4.98 Å². The molecule has 4 rings (SSSR count). The summed E-state index contributed by atoms with van der Waals surface area (Å²) in [5.74, 6) is 1.36. The molecule has 0 aliphatic carbocycles. The van der Waals surface area contributed by atoms with Crippen LogP contribution in [0, 0.1) is 0 Å². The first-order valence-electron chi connectivity index (χ1n) is 7.88. The first-order chi connectivity index (χ1) is 11.9. The van der Waals surface area contributed by atoms with E-state index < -0.39 is 11.7 Å². The van der Waals surface area contributed by atoms with Crippen molar-refractivity contribution in [1.29, 1.82) is 0 Å². The SMILES string of the molecule is CC1(C)Oc2ncc(-c3nc(-c4ccc(Cl)cc4)no3)cc2CC1O. The molecule has 7 heteroatoms. The predicted molar refractivity (Wildman–Crippen MR) is 92.4 cm³/mol. The van der Waals surface area contributed by atoms with E-state index in [0.29, 0.717) is 34.6 Å². The Balaban J connectivity index is 1.65. The number of pyridine rings is 1. The number of rotatable bonds is 2. The third kappa shape index (κ3) is 2.99. The van der Waals surface area contributed by atoms with Gasteiger partial charge < -0.3 is 14.4 Å². The minimum atomic E-state index is -0.659. The van der Waals surface area contributed by atoms with Gasteiger partial charge in [0.15, 0.2) is 0 Å². The van der Waals surface area contributed by atoms with Crippen LogP contribution in [0.25, 0.3) is 22.8 Å². The van der Waals surface area contributed by atoms with Crippen LogP contribution in [-0.4, -0.2) is 31.9 Å². The van der Waals surface area contributed by atoms with Crippen molar-refractivity contribution in [2.75, 3.05) is 0 Å². The highest BCUT2D eigenvalue weighted by atomic mass is 35.5. The van der Waals surface area contributed by atoms with Gasteiger partial charge in [0, 0.05) is 28.8 Å². The van der Waals surface area contributed by atoms with Crippen LogP contribution in [0.15, 0.2) is 41.1 Å². The minimum Gasteiger partial charge on any atom is -0.469 e. The predicted octanol–water partition coefficient (Wildman–Crippen LogP) is 3.53. The zero-order chi connectivity index (χ0) is 17.6. The highest BCUT2D eigenvalue weighted by Gasteiger charge is 2.36. The Labute approximate surface area is 149 Å². The standard InChI is InChI=1S/C18H16ClN3O3/c1-18(2)14(23)8-11-7-12(9-20-16(11)24-18)17-21-15(22-25-17)10-3-5-13(19)6-4-10/h3-7,9,14,23H,8H2,1-2H3. The van der Waals surface area contributed by atoms with Gasteiger partial charge in [-0.05, 0) is 44.2 Å². The summed E-state index contributed by atoms with van der Waals surface area (Å²) >= 11 is 5.89. The third-order valence-corrected chi connectivity index (χ3v) is 4.53. The first-order valence-corrected chi connectivity index (χ1v) is 8.26. The molecule has 1 N–H and O–H groups in total. The molecule has 0 fully saturated rings. The van der Waals surface area contributed by atoms with Crippen molar-refractivity contribution in [3.05, 3.63) is 47.1 Å². The van der Waals surface area contributed by atoms with Gasteiger partial charge >= 0.3 is 0 Å². The van der Waals surface area contributed by atoms with E-state index in [0.717, 1.165) is 11.1 Å². The molecule has 1 aromatic carbocycles. The smallest absolute Gasteiger partial charge is 0.259 e. The number of aromatic nitrogens is 3. The second kappa shape index (κ2) is 5.82. The van der Waals surface area contributed by atoms with Gasteiger partial charge in [-0.3, -0.25) is 0 Å². The van der Waals surface area contributed by atoms with Crippen LogP contribution in [0.4, 0.5) is 0 Å². The molecule has 0 radical (unpaired) electrons. The molecular weight excluding hydrogens is 342 g/mol. The monoisotopic (exact) mass is 357 g/mol. The molecule has 0 amide bonds. The van der Waals surface area contributed by atoms with Gasteiger partial charge in [0.05, 0.1) is 11.7 Å². The average molecular weight is 358 g/mol. The van der Waals surface area contributed by atoms with E-state index in [1.54, 1.807) is 18.3 Å². The van der Waals surface area contributed by atoms with Crippen LogP contribution >= 0.6 is 11.6 Å². The summed E-state index contributed by atoms with van der Waals surface area (Å²) in [5.41, 5.74) is 1.65. The largest absolute Gasteiger partial charge is 0.469 e. The molecule has 25 heavy (non-hydrogen) atoms.